The number of allylic oxidation sites excluding steroid dienone is 2. The summed E-state index contributed by atoms with van der Waals surface area (Å²) >= 11 is 0. The van der Waals surface area contributed by atoms with Gasteiger partial charge in [-0.2, -0.15) is 0 Å². The first-order valence-corrected chi connectivity index (χ1v) is 19.2. The topological polar surface area (TPSA) is 132 Å². The van der Waals surface area contributed by atoms with E-state index in [9.17, 15) is 19.4 Å². The Morgan fingerprint density at radius 2 is 1.16 bits per heavy atom. The van der Waals surface area contributed by atoms with E-state index < -0.39 is 39.2 Å². The van der Waals surface area contributed by atoms with Crippen LogP contribution in [-0.4, -0.2) is 66.3 Å². The first-order chi connectivity index (χ1) is 21.3. The van der Waals surface area contributed by atoms with Crippen LogP contribution in [0, 0.1) is 0 Å². The Kier molecular flexibility index (Phi) is 31.6. The molecule has 3 atom stereocenters. The van der Waals surface area contributed by atoms with Crippen LogP contribution < -0.4 is 0 Å². The molecule has 0 aromatic carbocycles. The molecular weight excluding hydrogens is 583 g/mol. The number of rotatable bonds is 34. The Morgan fingerprint density at radius 1 is 0.682 bits per heavy atom. The zero-order valence-electron chi connectivity index (χ0n) is 28.1. The van der Waals surface area contributed by atoms with Crippen molar-refractivity contribution in [1.82, 2.24) is 0 Å². The number of aliphatic hydroxyl groups is 2. The molecule has 0 amide bonds. The summed E-state index contributed by atoms with van der Waals surface area (Å²) in [7, 11) is -4.50. The number of phosphoric acid groups is 1. The molecule has 0 aromatic heterocycles. The monoisotopic (exact) mass is 650 g/mol. The van der Waals surface area contributed by atoms with Gasteiger partial charge in [-0.15, -0.1) is 0 Å². The number of hydrogen-bond acceptors (Lipinski definition) is 8. The summed E-state index contributed by atoms with van der Waals surface area (Å²) in [6.45, 7) is 3.47. The van der Waals surface area contributed by atoms with Gasteiger partial charge in [-0.3, -0.25) is 13.8 Å². The zero-order valence-corrected chi connectivity index (χ0v) is 29.0. The molecule has 0 saturated carbocycles. The Bertz CT molecular complexity index is 704. The smallest absolute Gasteiger partial charge is 0.457 e. The van der Waals surface area contributed by atoms with E-state index in [1.165, 1.54) is 77.0 Å². The molecule has 3 unspecified atom stereocenters. The molecule has 0 aliphatic heterocycles. The van der Waals surface area contributed by atoms with Gasteiger partial charge in [0, 0.05) is 13.0 Å². The van der Waals surface area contributed by atoms with Crippen molar-refractivity contribution in [3.05, 3.63) is 12.2 Å². The molecule has 0 radical (unpaired) electrons. The number of esters is 1. The summed E-state index contributed by atoms with van der Waals surface area (Å²) in [5, 5.41) is 18.2. The SMILES string of the molecule is CCCCCCCC/C=C\CCCCCCCC(=O)OC(COCCCCCCCCCC)COP(=O)(O)OCC(O)CO. The molecule has 0 aromatic rings. The van der Waals surface area contributed by atoms with E-state index in [-0.39, 0.29) is 19.6 Å². The van der Waals surface area contributed by atoms with Crippen LogP contribution in [0.15, 0.2) is 12.2 Å². The third-order valence-electron chi connectivity index (χ3n) is 7.45. The van der Waals surface area contributed by atoms with E-state index in [0.717, 1.165) is 57.8 Å². The number of carbonyl (C=O) groups is 1. The lowest BCUT2D eigenvalue weighted by atomic mass is 10.1. The predicted octanol–water partition coefficient (Wildman–Crippen LogP) is 8.58. The van der Waals surface area contributed by atoms with Crippen LogP contribution in [0.25, 0.3) is 0 Å². The summed E-state index contributed by atoms with van der Waals surface area (Å²) in [5.41, 5.74) is 0. The highest BCUT2D eigenvalue weighted by Gasteiger charge is 2.26. The van der Waals surface area contributed by atoms with Gasteiger partial charge in [-0.25, -0.2) is 4.57 Å². The molecule has 0 rings (SSSR count). The highest BCUT2D eigenvalue weighted by Crippen LogP contribution is 2.43. The molecule has 0 spiro atoms. The number of unbranched alkanes of at least 4 members (excludes halogenated alkanes) is 18. The molecule has 0 fully saturated rings. The number of carbonyl (C=O) groups excluding carboxylic acids is 1. The summed E-state index contributed by atoms with van der Waals surface area (Å²) in [4.78, 5) is 22.4. The van der Waals surface area contributed by atoms with Gasteiger partial charge in [0.15, 0.2) is 0 Å². The van der Waals surface area contributed by atoms with Crippen LogP contribution in [0.5, 0.6) is 0 Å². The second-order valence-corrected chi connectivity index (χ2v) is 13.3. The van der Waals surface area contributed by atoms with Crippen LogP contribution in [0.1, 0.15) is 155 Å². The van der Waals surface area contributed by atoms with Gasteiger partial charge in [-0.1, -0.05) is 122 Å². The number of phosphoric ester groups is 1. The molecule has 44 heavy (non-hydrogen) atoms. The van der Waals surface area contributed by atoms with E-state index >= 15 is 0 Å². The number of aliphatic hydroxyl groups excluding tert-OH is 2. The van der Waals surface area contributed by atoms with Crippen molar-refractivity contribution in [3.63, 3.8) is 0 Å². The standard InChI is InChI=1S/C34H67O9P/c1-3-5-7-9-11-13-14-15-16-17-18-19-20-22-24-26-34(37)43-33(31-42-44(38,39)41-29-32(36)28-35)30-40-27-25-23-21-12-10-8-6-4-2/h15-16,32-33,35-36H,3-14,17-31H2,1-2H3,(H,38,39)/b16-15-. The molecule has 3 N–H and O–H groups in total. The Labute approximate surface area is 269 Å². The van der Waals surface area contributed by atoms with Crippen molar-refractivity contribution < 1.29 is 43.0 Å². The maximum Gasteiger partial charge on any atom is 0.472 e. The maximum atomic E-state index is 12.5. The van der Waals surface area contributed by atoms with Crippen molar-refractivity contribution in [3.8, 4) is 0 Å². The van der Waals surface area contributed by atoms with Crippen LogP contribution in [-0.2, 0) is 27.9 Å². The number of hydrogen-bond donors (Lipinski definition) is 3. The normalized spacial score (nSPS) is 14.6. The largest absolute Gasteiger partial charge is 0.472 e. The quantitative estimate of drug-likeness (QED) is 0.0271. The second kappa shape index (κ2) is 32.2. The maximum absolute atomic E-state index is 12.5. The third kappa shape index (κ3) is 31.2. The van der Waals surface area contributed by atoms with E-state index in [4.69, 9.17) is 23.6 Å². The molecule has 0 saturated heterocycles. The molecule has 0 aliphatic rings. The lowest BCUT2D eigenvalue weighted by Crippen LogP contribution is -2.29. The van der Waals surface area contributed by atoms with Crippen molar-refractivity contribution in [2.45, 2.75) is 167 Å². The van der Waals surface area contributed by atoms with Gasteiger partial charge in [0.2, 0.25) is 0 Å². The molecule has 262 valence electrons. The first-order valence-electron chi connectivity index (χ1n) is 17.7. The Morgan fingerprint density at radius 3 is 1.70 bits per heavy atom. The van der Waals surface area contributed by atoms with Crippen LogP contribution in [0.2, 0.25) is 0 Å². The molecule has 0 aliphatic carbocycles. The van der Waals surface area contributed by atoms with Crippen LogP contribution in [0.3, 0.4) is 0 Å². The van der Waals surface area contributed by atoms with E-state index in [1.54, 1.807) is 0 Å². The van der Waals surface area contributed by atoms with Gasteiger partial charge in [0.25, 0.3) is 0 Å². The summed E-state index contributed by atoms with van der Waals surface area (Å²) in [6.07, 6.45) is 27.5. The van der Waals surface area contributed by atoms with E-state index in [1.807, 2.05) is 0 Å². The highest BCUT2D eigenvalue weighted by atomic mass is 31.2. The minimum Gasteiger partial charge on any atom is -0.457 e. The minimum absolute atomic E-state index is 0.0495. The fourth-order valence-corrected chi connectivity index (χ4v) is 5.49. The van der Waals surface area contributed by atoms with Gasteiger partial charge in [0.1, 0.15) is 12.2 Å². The lowest BCUT2D eigenvalue weighted by molar-refractivity contribution is -0.154. The van der Waals surface area contributed by atoms with E-state index in [2.05, 4.69) is 26.0 Å². The molecule has 0 bridgehead atoms. The van der Waals surface area contributed by atoms with Crippen LogP contribution in [0.4, 0.5) is 0 Å². The average Bonchev–Trinajstić information content (AvgIpc) is 3.01. The molecule has 0 heterocycles. The first kappa shape index (κ1) is 43.2. The van der Waals surface area contributed by atoms with E-state index in [0.29, 0.717) is 6.61 Å². The fourth-order valence-electron chi connectivity index (χ4n) is 4.70. The fraction of sp³-hybridized carbons (Fsp3) is 0.912. The molecule has 10 heteroatoms. The van der Waals surface area contributed by atoms with Crippen molar-refractivity contribution in [2.75, 3.05) is 33.0 Å². The molecule has 9 nitrogen and oxygen atoms in total. The third-order valence-corrected chi connectivity index (χ3v) is 8.40. The highest BCUT2D eigenvalue weighted by molar-refractivity contribution is 7.47. The van der Waals surface area contributed by atoms with Crippen molar-refractivity contribution in [2.24, 2.45) is 0 Å². The Balaban J connectivity index is 4.23. The average molecular weight is 651 g/mol. The van der Waals surface area contributed by atoms with Gasteiger partial charge in [0.05, 0.1) is 26.4 Å². The zero-order chi connectivity index (χ0) is 32.6. The lowest BCUT2D eigenvalue weighted by Gasteiger charge is -2.20. The van der Waals surface area contributed by atoms with Crippen LogP contribution >= 0.6 is 7.82 Å². The summed E-state index contributed by atoms with van der Waals surface area (Å²) < 4.78 is 33.0. The summed E-state index contributed by atoms with van der Waals surface area (Å²) in [6, 6.07) is 0. The van der Waals surface area contributed by atoms with Gasteiger partial charge in [-0.05, 0) is 38.5 Å². The van der Waals surface area contributed by atoms with Crippen molar-refractivity contribution in [1.29, 1.82) is 0 Å². The number of ether oxygens (including phenoxy) is 2. The van der Waals surface area contributed by atoms with Gasteiger partial charge < -0.3 is 24.6 Å². The summed E-state index contributed by atoms with van der Waals surface area (Å²) in [5.74, 6) is -0.392. The minimum atomic E-state index is -4.50. The Hall–Kier alpha value is -0.800. The van der Waals surface area contributed by atoms with Crippen molar-refractivity contribution >= 4 is 13.8 Å². The van der Waals surface area contributed by atoms with Gasteiger partial charge >= 0.3 is 13.8 Å². The predicted molar refractivity (Wildman–Crippen MR) is 178 cm³/mol. The molecular formula is C34H67O9P. The second-order valence-electron chi connectivity index (χ2n) is 11.9.